The quantitative estimate of drug-likeness (QED) is 0.906. The highest BCUT2D eigenvalue weighted by molar-refractivity contribution is 5.27. The Morgan fingerprint density at radius 1 is 1.25 bits per heavy atom. The number of anilines is 1. The second kappa shape index (κ2) is 6.05. The zero-order chi connectivity index (χ0) is 14.6. The van der Waals surface area contributed by atoms with E-state index < -0.39 is 0 Å². The van der Waals surface area contributed by atoms with Gasteiger partial charge in [0.05, 0.1) is 0 Å². The molecule has 0 aliphatic rings. The summed E-state index contributed by atoms with van der Waals surface area (Å²) in [6.07, 6.45) is -0.305. The van der Waals surface area contributed by atoms with E-state index in [1.165, 1.54) is 0 Å². The summed E-state index contributed by atoms with van der Waals surface area (Å²) < 4.78 is 11.0. The molecule has 20 heavy (non-hydrogen) atoms. The lowest BCUT2D eigenvalue weighted by Crippen LogP contribution is -2.26. The average Bonchev–Trinajstić information content (AvgIpc) is 2.83. The lowest BCUT2D eigenvalue weighted by atomic mass is 10.1. The van der Waals surface area contributed by atoms with E-state index in [9.17, 15) is 0 Å². The van der Waals surface area contributed by atoms with Crippen LogP contribution in [0.4, 0.5) is 6.01 Å². The van der Waals surface area contributed by atoms with Crippen LogP contribution in [0.15, 0.2) is 34.9 Å². The van der Waals surface area contributed by atoms with Crippen LogP contribution in [0.1, 0.15) is 45.2 Å². The summed E-state index contributed by atoms with van der Waals surface area (Å²) in [7, 11) is 0. The minimum Gasteiger partial charge on any atom is -0.366 e. The number of aromatic nitrogens is 2. The van der Waals surface area contributed by atoms with Gasteiger partial charge in [-0.15, -0.1) is 0 Å². The normalized spacial score (nSPS) is 13.2. The van der Waals surface area contributed by atoms with Gasteiger partial charge in [0, 0.05) is 12.1 Å². The van der Waals surface area contributed by atoms with Gasteiger partial charge in [0.2, 0.25) is 5.82 Å². The first kappa shape index (κ1) is 14.5. The average molecular weight is 275 g/mol. The SMILES string of the molecule is CCOC(c1ccccc1)c1noc(NC(C)(C)C)n1. The van der Waals surface area contributed by atoms with Crippen LogP contribution >= 0.6 is 0 Å². The lowest BCUT2D eigenvalue weighted by molar-refractivity contribution is 0.0833. The third kappa shape index (κ3) is 3.81. The fraction of sp³-hybridized carbons (Fsp3) is 0.467. The third-order valence-corrected chi connectivity index (χ3v) is 2.59. The van der Waals surface area contributed by atoms with Crippen LogP contribution in [0, 0.1) is 0 Å². The standard InChI is InChI=1S/C15H21N3O2/c1-5-19-12(11-9-7-6-8-10-11)13-16-14(20-18-13)17-15(2,3)4/h6-10,12H,5H2,1-4H3,(H,16,17,18). The molecule has 0 saturated heterocycles. The Hall–Kier alpha value is -1.88. The number of hydrogen-bond acceptors (Lipinski definition) is 5. The van der Waals surface area contributed by atoms with Gasteiger partial charge in [0.25, 0.3) is 0 Å². The Morgan fingerprint density at radius 2 is 1.95 bits per heavy atom. The van der Waals surface area contributed by atoms with Crippen molar-refractivity contribution in [3.63, 3.8) is 0 Å². The highest BCUT2D eigenvalue weighted by Crippen LogP contribution is 2.25. The van der Waals surface area contributed by atoms with E-state index in [0.717, 1.165) is 5.56 Å². The first-order chi connectivity index (χ1) is 9.49. The van der Waals surface area contributed by atoms with E-state index in [1.807, 2.05) is 58.0 Å². The van der Waals surface area contributed by atoms with E-state index in [0.29, 0.717) is 18.4 Å². The van der Waals surface area contributed by atoms with Gasteiger partial charge in [-0.3, -0.25) is 0 Å². The number of hydrogen-bond donors (Lipinski definition) is 1. The molecule has 0 bridgehead atoms. The number of rotatable bonds is 5. The van der Waals surface area contributed by atoms with Crippen LogP contribution in [0.5, 0.6) is 0 Å². The predicted octanol–water partition coefficient (Wildman–Crippen LogP) is 3.41. The van der Waals surface area contributed by atoms with Crippen molar-refractivity contribution in [1.82, 2.24) is 10.1 Å². The van der Waals surface area contributed by atoms with E-state index in [-0.39, 0.29) is 11.6 Å². The highest BCUT2D eigenvalue weighted by atomic mass is 16.5. The van der Waals surface area contributed by atoms with Gasteiger partial charge in [-0.1, -0.05) is 35.5 Å². The topological polar surface area (TPSA) is 60.2 Å². The van der Waals surface area contributed by atoms with E-state index in [1.54, 1.807) is 0 Å². The van der Waals surface area contributed by atoms with Gasteiger partial charge in [0.1, 0.15) is 6.10 Å². The molecule has 2 rings (SSSR count). The lowest BCUT2D eigenvalue weighted by Gasteiger charge is -2.18. The molecule has 0 radical (unpaired) electrons. The van der Waals surface area contributed by atoms with Gasteiger partial charge < -0.3 is 14.6 Å². The maximum absolute atomic E-state index is 5.74. The molecule has 0 amide bonds. The predicted molar refractivity (Wildman–Crippen MR) is 77.6 cm³/mol. The van der Waals surface area contributed by atoms with Gasteiger partial charge in [0.15, 0.2) is 0 Å². The van der Waals surface area contributed by atoms with Crippen molar-refractivity contribution in [2.45, 2.75) is 39.3 Å². The van der Waals surface area contributed by atoms with Gasteiger partial charge in [-0.2, -0.15) is 4.98 Å². The molecule has 1 atom stereocenters. The Morgan fingerprint density at radius 3 is 2.55 bits per heavy atom. The largest absolute Gasteiger partial charge is 0.366 e. The Labute approximate surface area is 119 Å². The molecule has 0 saturated carbocycles. The number of benzene rings is 1. The maximum atomic E-state index is 5.74. The molecule has 2 aromatic rings. The maximum Gasteiger partial charge on any atom is 0.321 e. The molecule has 1 aromatic heterocycles. The summed E-state index contributed by atoms with van der Waals surface area (Å²) in [5.41, 5.74) is 0.884. The van der Waals surface area contributed by atoms with Crippen molar-refractivity contribution in [3.8, 4) is 0 Å². The fourth-order valence-corrected chi connectivity index (χ4v) is 1.83. The fourth-order valence-electron chi connectivity index (χ4n) is 1.83. The number of ether oxygens (including phenoxy) is 1. The number of nitrogens with one attached hydrogen (secondary N) is 1. The zero-order valence-corrected chi connectivity index (χ0v) is 12.4. The van der Waals surface area contributed by atoms with Crippen LogP contribution in [0.3, 0.4) is 0 Å². The van der Waals surface area contributed by atoms with E-state index in [4.69, 9.17) is 9.26 Å². The van der Waals surface area contributed by atoms with Crippen molar-refractivity contribution in [2.24, 2.45) is 0 Å². The van der Waals surface area contributed by atoms with E-state index >= 15 is 0 Å². The first-order valence-corrected chi connectivity index (χ1v) is 6.78. The van der Waals surface area contributed by atoms with Crippen molar-refractivity contribution in [2.75, 3.05) is 11.9 Å². The molecular formula is C15H21N3O2. The zero-order valence-electron chi connectivity index (χ0n) is 12.4. The van der Waals surface area contributed by atoms with Crippen LogP contribution in [0.25, 0.3) is 0 Å². The molecule has 1 aromatic carbocycles. The molecule has 108 valence electrons. The van der Waals surface area contributed by atoms with Crippen LogP contribution in [-0.2, 0) is 4.74 Å². The molecular weight excluding hydrogens is 254 g/mol. The van der Waals surface area contributed by atoms with Crippen LogP contribution in [-0.4, -0.2) is 22.3 Å². The summed E-state index contributed by atoms with van der Waals surface area (Å²) in [5.74, 6) is 0.532. The smallest absolute Gasteiger partial charge is 0.321 e. The van der Waals surface area contributed by atoms with Crippen molar-refractivity contribution in [1.29, 1.82) is 0 Å². The summed E-state index contributed by atoms with van der Waals surface area (Å²) in [6.45, 7) is 8.64. The molecule has 1 unspecified atom stereocenters. The number of nitrogens with zero attached hydrogens (tertiary/aromatic N) is 2. The summed E-state index contributed by atoms with van der Waals surface area (Å²) in [5, 5.41) is 7.18. The summed E-state index contributed by atoms with van der Waals surface area (Å²) in [6, 6.07) is 10.3. The molecule has 5 nitrogen and oxygen atoms in total. The monoisotopic (exact) mass is 275 g/mol. The van der Waals surface area contributed by atoms with Gasteiger partial charge in [-0.05, 0) is 33.3 Å². The summed E-state index contributed by atoms with van der Waals surface area (Å²) in [4.78, 5) is 4.38. The van der Waals surface area contributed by atoms with Crippen LogP contribution < -0.4 is 5.32 Å². The highest BCUT2D eigenvalue weighted by Gasteiger charge is 2.22. The summed E-state index contributed by atoms with van der Waals surface area (Å²) >= 11 is 0. The minimum atomic E-state index is -0.305. The molecule has 0 fully saturated rings. The third-order valence-electron chi connectivity index (χ3n) is 2.59. The molecule has 1 N–H and O–H groups in total. The Kier molecular flexibility index (Phi) is 4.39. The second-order valence-electron chi connectivity index (χ2n) is 5.58. The van der Waals surface area contributed by atoms with Crippen molar-refractivity contribution >= 4 is 6.01 Å². The molecule has 0 spiro atoms. The van der Waals surface area contributed by atoms with Gasteiger partial charge >= 0.3 is 6.01 Å². The van der Waals surface area contributed by atoms with Crippen molar-refractivity contribution < 1.29 is 9.26 Å². The Balaban J connectivity index is 2.22. The molecule has 0 aliphatic heterocycles. The first-order valence-electron chi connectivity index (χ1n) is 6.78. The van der Waals surface area contributed by atoms with Crippen molar-refractivity contribution in [3.05, 3.63) is 41.7 Å². The molecule has 0 aliphatic carbocycles. The molecule has 5 heteroatoms. The minimum absolute atomic E-state index is 0.127. The van der Waals surface area contributed by atoms with E-state index in [2.05, 4.69) is 15.5 Å². The Bertz CT molecular complexity index is 532. The van der Waals surface area contributed by atoms with Gasteiger partial charge in [-0.25, -0.2) is 0 Å². The van der Waals surface area contributed by atoms with Crippen LogP contribution in [0.2, 0.25) is 0 Å². The molecule has 1 heterocycles. The second-order valence-corrected chi connectivity index (χ2v) is 5.58.